The summed E-state index contributed by atoms with van der Waals surface area (Å²) in [5.41, 5.74) is 0.374. The first-order valence-electron chi connectivity index (χ1n) is 7.65. The first-order chi connectivity index (χ1) is 11.0. The molecule has 2 N–H and O–H groups in total. The largest absolute Gasteiger partial charge is 0.481 e. The van der Waals surface area contributed by atoms with Crippen LogP contribution >= 0.6 is 0 Å². The highest BCUT2D eigenvalue weighted by atomic mass is 16.4. The highest BCUT2D eigenvalue weighted by Crippen LogP contribution is 2.20. The second-order valence-corrected chi connectivity index (χ2v) is 5.49. The van der Waals surface area contributed by atoms with Crippen LogP contribution in [0.25, 0.3) is 5.69 Å². The second-order valence-electron chi connectivity index (χ2n) is 5.49. The molecule has 1 heterocycles. The Kier molecular flexibility index (Phi) is 5.16. The molecule has 0 bridgehead atoms. The molecule has 2 rings (SSSR count). The van der Waals surface area contributed by atoms with Crippen LogP contribution in [0.5, 0.6) is 0 Å². The lowest BCUT2D eigenvalue weighted by atomic mass is 9.89. The topological polar surface area (TPSA) is 84.2 Å². The molecule has 0 radical (unpaired) electrons. The third kappa shape index (κ3) is 3.97. The molecular formula is C17H21N3O3. The van der Waals surface area contributed by atoms with Crippen LogP contribution < -0.4 is 5.32 Å². The molecule has 0 saturated carbocycles. The SMILES string of the molecule is CCC(CC)(CC(=O)O)NC(=O)c1ccn(-c2ccccc2)n1. The molecule has 1 aromatic carbocycles. The fourth-order valence-corrected chi connectivity index (χ4v) is 2.48. The van der Waals surface area contributed by atoms with E-state index in [1.54, 1.807) is 16.9 Å². The van der Waals surface area contributed by atoms with Crippen LogP contribution in [0.3, 0.4) is 0 Å². The summed E-state index contributed by atoms with van der Waals surface area (Å²) < 4.78 is 1.62. The molecule has 23 heavy (non-hydrogen) atoms. The number of para-hydroxylation sites is 1. The zero-order chi connectivity index (χ0) is 16.9. The first-order valence-corrected chi connectivity index (χ1v) is 7.65. The zero-order valence-electron chi connectivity index (χ0n) is 13.3. The number of nitrogens with zero attached hydrogens (tertiary/aromatic N) is 2. The van der Waals surface area contributed by atoms with E-state index >= 15 is 0 Å². The predicted octanol–water partition coefficient (Wildman–Crippen LogP) is 2.64. The molecule has 0 spiro atoms. The molecule has 6 nitrogen and oxygen atoms in total. The predicted molar refractivity (Wildman–Crippen MR) is 86.6 cm³/mol. The zero-order valence-corrected chi connectivity index (χ0v) is 13.3. The summed E-state index contributed by atoms with van der Waals surface area (Å²) >= 11 is 0. The number of carbonyl (C=O) groups is 2. The van der Waals surface area contributed by atoms with Gasteiger partial charge < -0.3 is 10.4 Å². The van der Waals surface area contributed by atoms with E-state index in [2.05, 4.69) is 10.4 Å². The smallest absolute Gasteiger partial charge is 0.305 e. The monoisotopic (exact) mass is 315 g/mol. The summed E-state index contributed by atoms with van der Waals surface area (Å²) in [6.45, 7) is 3.74. The molecular weight excluding hydrogens is 294 g/mol. The highest BCUT2D eigenvalue weighted by Gasteiger charge is 2.31. The Morgan fingerprint density at radius 3 is 2.39 bits per heavy atom. The molecule has 0 aliphatic rings. The summed E-state index contributed by atoms with van der Waals surface area (Å²) in [6, 6.07) is 11.1. The van der Waals surface area contributed by atoms with Gasteiger partial charge >= 0.3 is 5.97 Å². The van der Waals surface area contributed by atoms with Crippen molar-refractivity contribution < 1.29 is 14.7 Å². The van der Waals surface area contributed by atoms with Crippen LogP contribution in [-0.4, -0.2) is 32.3 Å². The van der Waals surface area contributed by atoms with Gasteiger partial charge in [0.1, 0.15) is 0 Å². The molecule has 1 amide bonds. The molecule has 0 saturated heterocycles. The number of hydrogen-bond acceptors (Lipinski definition) is 3. The molecule has 0 unspecified atom stereocenters. The Labute approximate surface area is 135 Å². The number of benzene rings is 1. The molecule has 0 atom stereocenters. The van der Waals surface area contributed by atoms with Crippen LogP contribution in [0.15, 0.2) is 42.6 Å². The maximum absolute atomic E-state index is 12.4. The van der Waals surface area contributed by atoms with Crippen LogP contribution in [0, 0.1) is 0 Å². The van der Waals surface area contributed by atoms with Crippen molar-refractivity contribution in [3.63, 3.8) is 0 Å². The Morgan fingerprint density at radius 1 is 1.17 bits per heavy atom. The Hall–Kier alpha value is -2.63. The van der Waals surface area contributed by atoms with E-state index in [0.29, 0.717) is 12.8 Å². The van der Waals surface area contributed by atoms with Crippen molar-refractivity contribution in [1.29, 1.82) is 0 Å². The average Bonchev–Trinajstić information content (AvgIpc) is 3.04. The lowest BCUT2D eigenvalue weighted by molar-refractivity contribution is -0.138. The van der Waals surface area contributed by atoms with Crippen LogP contribution in [0.4, 0.5) is 0 Å². The van der Waals surface area contributed by atoms with E-state index in [1.807, 2.05) is 44.2 Å². The van der Waals surface area contributed by atoms with E-state index in [1.165, 1.54) is 0 Å². The van der Waals surface area contributed by atoms with Gasteiger partial charge in [0.15, 0.2) is 5.69 Å². The van der Waals surface area contributed by atoms with Gasteiger partial charge in [0.05, 0.1) is 17.6 Å². The number of carboxylic acid groups (broad SMARTS) is 1. The third-order valence-corrected chi connectivity index (χ3v) is 4.06. The lowest BCUT2D eigenvalue weighted by Gasteiger charge is -2.31. The van der Waals surface area contributed by atoms with E-state index in [9.17, 15) is 9.59 Å². The van der Waals surface area contributed by atoms with Crippen molar-refractivity contribution >= 4 is 11.9 Å². The van der Waals surface area contributed by atoms with Crippen LogP contribution in [0.2, 0.25) is 0 Å². The van der Waals surface area contributed by atoms with Crippen molar-refractivity contribution in [1.82, 2.24) is 15.1 Å². The fraction of sp³-hybridized carbons (Fsp3) is 0.353. The minimum atomic E-state index is -0.927. The Balaban J connectivity index is 2.17. The molecule has 0 fully saturated rings. The lowest BCUT2D eigenvalue weighted by Crippen LogP contribution is -2.49. The fourth-order valence-electron chi connectivity index (χ4n) is 2.48. The standard InChI is InChI=1S/C17H21N3O3/c1-3-17(4-2,12-15(21)22)18-16(23)14-10-11-20(19-14)13-8-6-5-7-9-13/h5-11H,3-4,12H2,1-2H3,(H,18,23)(H,21,22). The molecule has 0 aliphatic carbocycles. The number of carboxylic acids is 1. The summed E-state index contributed by atoms with van der Waals surface area (Å²) in [7, 11) is 0. The minimum Gasteiger partial charge on any atom is -0.481 e. The van der Waals surface area contributed by atoms with Gasteiger partial charge in [0, 0.05) is 6.20 Å². The maximum Gasteiger partial charge on any atom is 0.305 e. The van der Waals surface area contributed by atoms with Gasteiger partial charge in [-0.05, 0) is 31.0 Å². The minimum absolute atomic E-state index is 0.106. The number of hydrogen-bond donors (Lipinski definition) is 2. The molecule has 122 valence electrons. The second kappa shape index (κ2) is 7.09. The highest BCUT2D eigenvalue weighted by molar-refractivity contribution is 5.93. The summed E-state index contributed by atoms with van der Waals surface area (Å²) in [6.07, 6.45) is 2.69. The van der Waals surface area contributed by atoms with Crippen molar-refractivity contribution in [2.75, 3.05) is 0 Å². The number of rotatable bonds is 7. The first kappa shape index (κ1) is 16.7. The molecule has 6 heteroatoms. The number of nitrogens with one attached hydrogen (secondary N) is 1. The number of aliphatic carboxylic acids is 1. The van der Waals surface area contributed by atoms with Gasteiger partial charge in [-0.25, -0.2) is 4.68 Å². The average molecular weight is 315 g/mol. The van der Waals surface area contributed by atoms with Crippen LogP contribution in [-0.2, 0) is 4.79 Å². The van der Waals surface area contributed by atoms with E-state index < -0.39 is 11.5 Å². The van der Waals surface area contributed by atoms with Gasteiger partial charge in [-0.2, -0.15) is 5.10 Å². The van der Waals surface area contributed by atoms with E-state index in [-0.39, 0.29) is 18.0 Å². The number of aromatic nitrogens is 2. The van der Waals surface area contributed by atoms with Gasteiger partial charge in [-0.1, -0.05) is 32.0 Å². The molecule has 0 aliphatic heterocycles. The maximum atomic E-state index is 12.4. The number of amides is 1. The third-order valence-electron chi connectivity index (χ3n) is 4.06. The van der Waals surface area contributed by atoms with Crippen molar-refractivity contribution in [2.45, 2.75) is 38.6 Å². The quantitative estimate of drug-likeness (QED) is 0.822. The van der Waals surface area contributed by atoms with Crippen molar-refractivity contribution in [3.8, 4) is 5.69 Å². The Morgan fingerprint density at radius 2 is 1.83 bits per heavy atom. The molecule has 1 aromatic heterocycles. The summed E-state index contributed by atoms with van der Waals surface area (Å²) in [5, 5.41) is 16.2. The van der Waals surface area contributed by atoms with Crippen molar-refractivity contribution in [3.05, 3.63) is 48.3 Å². The van der Waals surface area contributed by atoms with Gasteiger partial charge in [-0.3, -0.25) is 9.59 Å². The van der Waals surface area contributed by atoms with Crippen LogP contribution in [0.1, 0.15) is 43.6 Å². The van der Waals surface area contributed by atoms with E-state index in [4.69, 9.17) is 5.11 Å². The Bertz CT molecular complexity index is 675. The summed E-state index contributed by atoms with van der Waals surface area (Å²) in [4.78, 5) is 23.5. The van der Waals surface area contributed by atoms with Gasteiger partial charge in [-0.15, -0.1) is 0 Å². The van der Waals surface area contributed by atoms with Gasteiger partial charge in [0.2, 0.25) is 0 Å². The van der Waals surface area contributed by atoms with Gasteiger partial charge in [0.25, 0.3) is 5.91 Å². The van der Waals surface area contributed by atoms with E-state index in [0.717, 1.165) is 5.69 Å². The number of carbonyl (C=O) groups excluding carboxylic acids is 1. The summed E-state index contributed by atoms with van der Waals surface area (Å²) in [5.74, 6) is -1.28. The normalized spacial score (nSPS) is 11.2. The van der Waals surface area contributed by atoms with Crippen molar-refractivity contribution in [2.24, 2.45) is 0 Å². The molecule has 2 aromatic rings.